The lowest BCUT2D eigenvalue weighted by molar-refractivity contribution is 0.230. The predicted molar refractivity (Wildman–Crippen MR) is 135 cm³/mol. The first-order chi connectivity index (χ1) is 13.8. The second-order valence-electron chi connectivity index (χ2n) is 7.24. The topological polar surface area (TPSA) is 83.0 Å². The van der Waals surface area contributed by atoms with Crippen LogP contribution in [0.3, 0.4) is 0 Å². The summed E-state index contributed by atoms with van der Waals surface area (Å²) in [7, 11) is -3.11. The molecule has 1 aromatic carbocycles. The second kappa shape index (κ2) is 13.6. The summed E-state index contributed by atoms with van der Waals surface area (Å²) in [4.78, 5) is 4.63. The lowest BCUT2D eigenvalue weighted by Gasteiger charge is -2.32. The first-order valence-corrected chi connectivity index (χ1v) is 12.3. The van der Waals surface area contributed by atoms with Crippen LogP contribution in [0.5, 0.6) is 5.75 Å². The van der Waals surface area contributed by atoms with E-state index in [2.05, 4.69) is 15.6 Å². The number of aliphatic imine (C=N–C) groups is 1. The molecule has 172 valence electrons. The summed E-state index contributed by atoms with van der Waals surface area (Å²) >= 11 is 5.90. The number of sulfonamides is 1. The number of hydrogen-bond donors (Lipinski definition) is 2. The molecule has 1 fully saturated rings. The second-order valence-corrected chi connectivity index (χ2v) is 9.76. The molecular weight excluding hydrogens is 539 g/mol. The van der Waals surface area contributed by atoms with E-state index < -0.39 is 10.0 Å². The van der Waals surface area contributed by atoms with Gasteiger partial charge in [0, 0.05) is 30.7 Å². The van der Waals surface area contributed by atoms with E-state index >= 15 is 0 Å². The molecule has 1 atom stereocenters. The zero-order valence-corrected chi connectivity index (χ0v) is 21.8. The van der Waals surface area contributed by atoms with Crippen LogP contribution in [-0.4, -0.2) is 62.8 Å². The largest absolute Gasteiger partial charge is 0.489 e. The molecule has 1 aliphatic heterocycles. The highest BCUT2D eigenvalue weighted by atomic mass is 127. The number of hydrogen-bond acceptors (Lipinski definition) is 4. The van der Waals surface area contributed by atoms with Gasteiger partial charge in [-0.05, 0) is 57.4 Å². The van der Waals surface area contributed by atoms with Gasteiger partial charge < -0.3 is 15.4 Å². The van der Waals surface area contributed by atoms with Crippen LogP contribution in [0.15, 0.2) is 29.3 Å². The van der Waals surface area contributed by atoms with Crippen molar-refractivity contribution in [2.75, 3.05) is 31.9 Å². The number of guanidine groups is 1. The highest BCUT2D eigenvalue weighted by Crippen LogP contribution is 2.17. The van der Waals surface area contributed by atoms with E-state index in [1.807, 2.05) is 32.9 Å². The summed E-state index contributed by atoms with van der Waals surface area (Å²) in [6.45, 7) is 8.24. The summed E-state index contributed by atoms with van der Waals surface area (Å²) in [5, 5.41) is 7.36. The molecular formula is C20H34ClIN4O3S. The van der Waals surface area contributed by atoms with Crippen molar-refractivity contribution in [2.45, 2.75) is 52.2 Å². The number of piperidine rings is 1. The first-order valence-electron chi connectivity index (χ1n) is 10.3. The molecule has 0 saturated carbocycles. The van der Waals surface area contributed by atoms with Crippen molar-refractivity contribution in [3.63, 3.8) is 0 Å². The summed E-state index contributed by atoms with van der Waals surface area (Å²) in [6.07, 6.45) is 2.09. The lowest BCUT2D eigenvalue weighted by atomic mass is 10.1. The van der Waals surface area contributed by atoms with Crippen molar-refractivity contribution in [1.29, 1.82) is 0 Å². The van der Waals surface area contributed by atoms with Crippen molar-refractivity contribution in [1.82, 2.24) is 14.9 Å². The minimum Gasteiger partial charge on any atom is -0.489 e. The summed E-state index contributed by atoms with van der Waals surface area (Å²) in [6, 6.07) is 7.48. The smallest absolute Gasteiger partial charge is 0.214 e. The van der Waals surface area contributed by atoms with Crippen molar-refractivity contribution in [2.24, 2.45) is 4.99 Å². The zero-order chi connectivity index (χ0) is 21.3. The van der Waals surface area contributed by atoms with Gasteiger partial charge in [0.15, 0.2) is 5.96 Å². The van der Waals surface area contributed by atoms with Gasteiger partial charge in [0.05, 0.1) is 12.3 Å². The molecule has 2 rings (SSSR count). The van der Waals surface area contributed by atoms with Crippen LogP contribution in [-0.2, 0) is 10.0 Å². The molecule has 0 amide bonds. The van der Waals surface area contributed by atoms with Crippen LogP contribution < -0.4 is 15.4 Å². The number of nitrogens with one attached hydrogen (secondary N) is 2. The van der Waals surface area contributed by atoms with E-state index in [-0.39, 0.29) is 41.9 Å². The lowest BCUT2D eigenvalue weighted by Crippen LogP contribution is -2.50. The molecule has 0 bridgehead atoms. The quantitative estimate of drug-likeness (QED) is 0.269. The van der Waals surface area contributed by atoms with Crippen LogP contribution in [0.1, 0.15) is 40.0 Å². The Bertz CT molecular complexity index is 754. The van der Waals surface area contributed by atoms with Gasteiger partial charge in [-0.2, -0.15) is 0 Å². The average Bonchev–Trinajstić information content (AvgIpc) is 2.68. The molecule has 1 aromatic rings. The normalized spacial score (nSPS) is 17.1. The summed E-state index contributed by atoms with van der Waals surface area (Å²) in [5.41, 5.74) is 0. The molecule has 1 aliphatic rings. The molecule has 7 nitrogen and oxygen atoms in total. The SMILES string of the molecule is CCCS(=O)(=O)N1CCC(NC(=NCC(C)Oc2ccc(Cl)cc2)NCC)CC1.I. The summed E-state index contributed by atoms with van der Waals surface area (Å²) < 4.78 is 31.9. The van der Waals surface area contributed by atoms with Crippen LogP contribution in [0, 0.1) is 0 Å². The highest BCUT2D eigenvalue weighted by molar-refractivity contribution is 14.0. The fraction of sp³-hybridized carbons (Fsp3) is 0.650. The maximum absolute atomic E-state index is 12.2. The molecule has 10 heteroatoms. The minimum atomic E-state index is -3.11. The third-order valence-corrected chi connectivity index (χ3v) is 6.98. The van der Waals surface area contributed by atoms with Gasteiger partial charge in [0.25, 0.3) is 0 Å². The number of benzene rings is 1. The monoisotopic (exact) mass is 572 g/mol. The van der Waals surface area contributed by atoms with Gasteiger partial charge in [-0.1, -0.05) is 18.5 Å². The molecule has 30 heavy (non-hydrogen) atoms. The molecule has 0 radical (unpaired) electrons. The number of ether oxygens (including phenoxy) is 1. The van der Waals surface area contributed by atoms with Gasteiger partial charge in [0.1, 0.15) is 11.9 Å². The van der Waals surface area contributed by atoms with Crippen LogP contribution in [0.4, 0.5) is 0 Å². The Morgan fingerprint density at radius 2 is 1.90 bits per heavy atom. The average molecular weight is 573 g/mol. The maximum atomic E-state index is 12.2. The molecule has 1 heterocycles. The van der Waals surface area contributed by atoms with Gasteiger partial charge in [-0.25, -0.2) is 17.7 Å². The van der Waals surface area contributed by atoms with Crippen LogP contribution in [0.2, 0.25) is 5.02 Å². The number of rotatable bonds is 9. The fourth-order valence-corrected chi connectivity index (χ4v) is 4.85. The number of nitrogens with zero attached hydrogens (tertiary/aromatic N) is 2. The molecule has 0 aromatic heterocycles. The Hall–Kier alpha value is -0.780. The Balaban J connectivity index is 0.00000450. The molecule has 1 saturated heterocycles. The third kappa shape index (κ3) is 9.15. The van der Waals surface area contributed by atoms with Gasteiger partial charge in [-0.3, -0.25) is 0 Å². The van der Waals surface area contributed by atoms with E-state index in [4.69, 9.17) is 16.3 Å². The minimum absolute atomic E-state index is 0. The molecule has 0 spiro atoms. The van der Waals surface area contributed by atoms with E-state index in [9.17, 15) is 8.42 Å². The molecule has 1 unspecified atom stereocenters. The van der Waals surface area contributed by atoms with E-state index in [0.717, 1.165) is 31.1 Å². The zero-order valence-electron chi connectivity index (χ0n) is 17.9. The van der Waals surface area contributed by atoms with E-state index in [1.54, 1.807) is 16.4 Å². The number of halogens is 2. The third-order valence-electron chi connectivity index (χ3n) is 4.65. The Morgan fingerprint density at radius 1 is 1.27 bits per heavy atom. The van der Waals surface area contributed by atoms with Crippen LogP contribution >= 0.6 is 35.6 Å². The van der Waals surface area contributed by atoms with Crippen molar-refractivity contribution in [3.05, 3.63) is 29.3 Å². The highest BCUT2D eigenvalue weighted by Gasteiger charge is 2.27. The fourth-order valence-electron chi connectivity index (χ4n) is 3.18. The van der Waals surface area contributed by atoms with Gasteiger partial charge >= 0.3 is 0 Å². The van der Waals surface area contributed by atoms with E-state index in [1.165, 1.54) is 0 Å². The predicted octanol–water partition coefficient (Wildman–Crippen LogP) is 3.48. The van der Waals surface area contributed by atoms with Gasteiger partial charge in [0.2, 0.25) is 10.0 Å². The van der Waals surface area contributed by atoms with Crippen molar-refractivity contribution < 1.29 is 13.2 Å². The first kappa shape index (κ1) is 27.3. The Morgan fingerprint density at radius 3 is 2.47 bits per heavy atom. The Labute approximate surface area is 203 Å². The molecule has 0 aliphatic carbocycles. The van der Waals surface area contributed by atoms with E-state index in [0.29, 0.717) is 31.1 Å². The maximum Gasteiger partial charge on any atom is 0.214 e. The van der Waals surface area contributed by atoms with Crippen molar-refractivity contribution >= 4 is 51.6 Å². The summed E-state index contributed by atoms with van der Waals surface area (Å²) in [5.74, 6) is 1.71. The standard InChI is InChI=1S/C20H33ClN4O3S.HI/c1-4-14-29(26,27)25-12-10-18(11-13-25)24-20(22-5-2)23-15-16(3)28-19-8-6-17(21)7-9-19;/h6-9,16,18H,4-5,10-15H2,1-3H3,(H2,22,23,24);1H. The Kier molecular flexibility index (Phi) is 12.3. The van der Waals surface area contributed by atoms with Crippen LogP contribution in [0.25, 0.3) is 0 Å². The van der Waals surface area contributed by atoms with Gasteiger partial charge in [-0.15, -0.1) is 24.0 Å². The van der Waals surface area contributed by atoms with Crippen molar-refractivity contribution in [3.8, 4) is 5.75 Å². The molecule has 2 N–H and O–H groups in total.